The van der Waals surface area contributed by atoms with Gasteiger partial charge in [-0.3, -0.25) is 0 Å². The van der Waals surface area contributed by atoms with Crippen LogP contribution in [0.25, 0.3) is 0 Å². The molecule has 14 heteroatoms. The molecule has 8 N–H and O–H groups in total. The maximum atomic E-state index is 4.66. The van der Waals surface area contributed by atoms with Gasteiger partial charge in [-0.05, 0) is 36.2 Å². The third kappa shape index (κ3) is 214. The average Bonchev–Trinajstić information content (AvgIpc) is 2.34. The topological polar surface area (TPSA) is 104 Å². The van der Waals surface area contributed by atoms with Crippen LogP contribution in [0.3, 0.4) is 0 Å². The number of rotatable bonds is 6. The third-order valence-electron chi connectivity index (χ3n) is 1.68. The number of nitrogens with two attached hydrogens (primary N) is 4. The number of thiocarbonyl (C=S) groups is 4. The van der Waals surface area contributed by atoms with Crippen molar-refractivity contribution in [2.75, 3.05) is 11.5 Å². The first-order chi connectivity index (χ1) is 12.1. The summed E-state index contributed by atoms with van der Waals surface area (Å²) in [5.41, 5.74) is 18.6. The van der Waals surface area contributed by atoms with Crippen molar-refractivity contribution in [2.24, 2.45) is 34.8 Å². The van der Waals surface area contributed by atoms with Crippen LogP contribution in [0.15, 0.2) is 0 Å². The second-order valence-electron chi connectivity index (χ2n) is 5.25. The van der Waals surface area contributed by atoms with Crippen molar-refractivity contribution >= 4 is 128 Å². The van der Waals surface area contributed by atoms with E-state index in [0.29, 0.717) is 0 Å². The summed E-state index contributed by atoms with van der Waals surface area (Å²) in [7, 11) is 0. The summed E-state index contributed by atoms with van der Waals surface area (Å²) in [5, 5.41) is 0. The van der Waals surface area contributed by atoms with Crippen LogP contribution in [-0.4, -0.2) is 28.8 Å². The molecule has 166 valence electrons. The van der Waals surface area contributed by atoms with Crippen LogP contribution in [0.2, 0.25) is 0 Å². The summed E-state index contributed by atoms with van der Waals surface area (Å²) >= 11 is 35.1. The van der Waals surface area contributed by atoms with Crippen LogP contribution < -0.4 is 22.9 Å². The van der Waals surface area contributed by atoms with Crippen LogP contribution >= 0.6 is 60.6 Å². The molecule has 0 rings (SSSR count). The normalized spacial score (nSPS) is 7.93. The van der Waals surface area contributed by atoms with Crippen molar-refractivity contribution in [1.82, 2.24) is 0 Å². The number of hydrogen-bond donors (Lipinski definition) is 4. The number of hydrogen-bond acceptors (Lipinski definition) is 9. The maximum absolute atomic E-state index is 4.66. The molecule has 0 heterocycles. The van der Waals surface area contributed by atoms with Gasteiger partial charge in [0.25, 0.3) is 0 Å². The molecule has 28 heavy (non-hydrogen) atoms. The van der Waals surface area contributed by atoms with Crippen LogP contribution in [0.4, 0.5) is 0 Å². The molecule has 0 saturated heterocycles. The molecule has 0 radical (unpaired) electrons. The fourth-order valence-corrected chi connectivity index (χ4v) is 2.22. The Hall–Kier alpha value is 1.48. The minimum atomic E-state index is 0. The zero-order valence-corrected chi connectivity index (χ0v) is 25.7. The Morgan fingerprint density at radius 1 is 0.643 bits per heavy atom. The minimum Gasteiger partial charge on any atom is -0.415 e. The minimum absolute atomic E-state index is 0. The Balaban J connectivity index is -0.0000000599. The molecule has 0 aliphatic heterocycles. The second kappa shape index (κ2) is 35.9. The Bertz CT molecular complexity index is 310. The quantitative estimate of drug-likeness (QED) is 0.149. The molecule has 0 aliphatic rings. The zero-order chi connectivity index (χ0) is 23.0. The van der Waals surface area contributed by atoms with Crippen LogP contribution in [-0.2, 0) is 71.6 Å². The van der Waals surface area contributed by atoms with E-state index < -0.39 is 0 Å². The molecule has 0 fully saturated rings. The fourth-order valence-electron chi connectivity index (χ4n) is 0.740. The van der Waals surface area contributed by atoms with Gasteiger partial charge in [-0.15, -0.1) is 0 Å². The molecule has 0 unspecified atom stereocenters. The summed E-state index contributed by atoms with van der Waals surface area (Å²) < 4.78 is 0.333. The van der Waals surface area contributed by atoms with Gasteiger partial charge in [-0.2, -0.15) is 11.8 Å². The third-order valence-corrected chi connectivity index (χ3v) is 2.73. The fraction of sp³-hybridized carbons (Fsp3) is 0.714. The van der Waals surface area contributed by atoms with E-state index in [1.807, 2.05) is 0 Å². The van der Waals surface area contributed by atoms with E-state index in [-0.39, 0.29) is 38.3 Å². The zero-order valence-electron chi connectivity index (χ0n) is 16.4. The molecular formula is C14H30MoN4S9. The maximum Gasteiger partial charge on any atom is 4.00 e. The van der Waals surface area contributed by atoms with E-state index in [1.54, 1.807) is 0 Å². The summed E-state index contributed by atoms with van der Waals surface area (Å²) in [6.07, 6.45) is 2.76. The van der Waals surface area contributed by atoms with Crippen molar-refractivity contribution in [3.8, 4) is 0 Å². The van der Waals surface area contributed by atoms with Gasteiger partial charge in [0.1, 0.15) is 0 Å². The molecule has 0 saturated carbocycles. The van der Waals surface area contributed by atoms with E-state index in [4.69, 9.17) is 0 Å². The van der Waals surface area contributed by atoms with Crippen molar-refractivity contribution in [1.29, 1.82) is 0 Å². The first kappa shape index (κ1) is 43.4. The predicted molar refractivity (Wildman–Crippen MR) is 153 cm³/mol. The largest absolute Gasteiger partial charge is 4.00 e. The Labute approximate surface area is 233 Å². The van der Waals surface area contributed by atoms with Crippen molar-refractivity contribution in [2.45, 2.75) is 40.5 Å². The standard InChI is InChI=1S/C10H22S.4CH3NS2.Mo/c1-9(2)5-7-11-8-6-10(3)4;4*2-1(3)4;/h9-10H,5-8H2,1-4H3;4*(H3,2,3,4);/q;;;;;+4/p-4. The second-order valence-corrected chi connectivity index (χ2v) is 11.0. The van der Waals surface area contributed by atoms with Gasteiger partial charge in [0, 0.05) is 0 Å². The summed E-state index contributed by atoms with van der Waals surface area (Å²) in [6, 6.07) is 0. The first-order valence-electron chi connectivity index (χ1n) is 7.49. The van der Waals surface area contributed by atoms with Crippen molar-refractivity contribution in [3.63, 3.8) is 0 Å². The van der Waals surface area contributed by atoms with E-state index >= 15 is 0 Å². The molecule has 0 spiro atoms. The van der Waals surface area contributed by atoms with Gasteiger partial charge in [0.05, 0.1) is 0 Å². The predicted octanol–water partition coefficient (Wildman–Crippen LogP) is 2.92. The SMILES string of the molecule is CC(C)CCSCCC(C)C.NC(=S)[S-].NC(=S)[S-].NC(=S)[S-].NC(=S)[S-].[Mo+4]. The van der Waals surface area contributed by atoms with Crippen LogP contribution in [0.1, 0.15) is 40.5 Å². The van der Waals surface area contributed by atoms with Crippen LogP contribution in [0, 0.1) is 11.8 Å². The van der Waals surface area contributed by atoms with Gasteiger partial charge < -0.3 is 122 Å². The van der Waals surface area contributed by atoms with Gasteiger partial charge in [0.2, 0.25) is 0 Å². The molecule has 0 aromatic rings. The smallest absolute Gasteiger partial charge is 0.415 e. The first-order valence-corrected chi connectivity index (χ1v) is 11.9. The average molecular weight is 639 g/mol. The molecular weight excluding hydrogens is 609 g/mol. The Morgan fingerprint density at radius 2 is 0.786 bits per heavy atom. The molecule has 4 nitrogen and oxygen atoms in total. The monoisotopic (exact) mass is 640 g/mol. The Kier molecular flexibility index (Phi) is 55.6. The van der Waals surface area contributed by atoms with E-state index in [2.05, 4.69) is 162 Å². The molecule has 0 aromatic heterocycles. The van der Waals surface area contributed by atoms with E-state index in [9.17, 15) is 0 Å². The summed E-state index contributed by atoms with van der Waals surface area (Å²) in [6.45, 7) is 9.18. The van der Waals surface area contributed by atoms with Crippen molar-refractivity contribution in [3.05, 3.63) is 0 Å². The van der Waals surface area contributed by atoms with Crippen molar-refractivity contribution < 1.29 is 21.1 Å². The summed E-state index contributed by atoms with van der Waals surface area (Å²) in [4.78, 5) is 0. The molecule has 0 aliphatic carbocycles. The molecule has 0 bridgehead atoms. The van der Waals surface area contributed by atoms with Gasteiger partial charge in [-0.1, -0.05) is 45.0 Å². The van der Waals surface area contributed by atoms with Gasteiger partial charge >= 0.3 is 21.1 Å². The summed E-state index contributed by atoms with van der Waals surface area (Å²) in [5.74, 6) is 4.46. The van der Waals surface area contributed by atoms with Gasteiger partial charge in [0.15, 0.2) is 0 Å². The Morgan fingerprint density at radius 3 is 0.893 bits per heavy atom. The molecule has 0 aromatic carbocycles. The van der Waals surface area contributed by atoms with Crippen LogP contribution in [0.5, 0.6) is 0 Å². The number of thioether (sulfide) groups is 1. The molecule has 0 atom stereocenters. The molecule has 0 amide bonds. The van der Waals surface area contributed by atoms with E-state index in [1.165, 1.54) is 24.3 Å². The van der Waals surface area contributed by atoms with Gasteiger partial charge in [-0.25, -0.2) is 0 Å². The van der Waals surface area contributed by atoms with E-state index in [0.717, 1.165) is 11.8 Å².